The number of anilines is 1. The van der Waals surface area contributed by atoms with E-state index in [1.807, 2.05) is 42.5 Å². The first-order valence-corrected chi connectivity index (χ1v) is 11.2. The highest BCUT2D eigenvalue weighted by Crippen LogP contribution is 2.31. The van der Waals surface area contributed by atoms with E-state index in [1.54, 1.807) is 42.6 Å². The first-order chi connectivity index (χ1) is 16.0. The maximum Gasteiger partial charge on any atom is 0.193 e. The van der Waals surface area contributed by atoms with E-state index in [2.05, 4.69) is 15.5 Å². The second-order valence-corrected chi connectivity index (χ2v) is 8.47. The van der Waals surface area contributed by atoms with Gasteiger partial charge in [-0.3, -0.25) is 10.2 Å². The average Bonchev–Trinajstić information content (AvgIpc) is 2.82. The molecule has 0 aliphatic carbocycles. The second kappa shape index (κ2) is 10.6. The zero-order valence-corrected chi connectivity index (χ0v) is 19.6. The second-order valence-electron chi connectivity index (χ2n) is 7.27. The lowest BCUT2D eigenvalue weighted by molar-refractivity contribution is 0.103. The number of hydrogen-bond donors (Lipinski definition) is 1. The van der Waals surface area contributed by atoms with Crippen LogP contribution in [0.2, 0.25) is 15.2 Å². The molecule has 3 aromatic carbocycles. The quantitative estimate of drug-likeness (QED) is 0.127. The maximum atomic E-state index is 12.6. The Balaban J connectivity index is 1.45. The molecule has 0 bridgehead atoms. The Morgan fingerprint density at radius 2 is 1.58 bits per heavy atom. The Labute approximate surface area is 206 Å². The fraction of sp³-hybridized carbons (Fsp3) is 0.0385. The summed E-state index contributed by atoms with van der Waals surface area (Å²) in [5, 5.41) is 5.58. The fourth-order valence-electron chi connectivity index (χ4n) is 3.25. The molecule has 0 fully saturated rings. The summed E-state index contributed by atoms with van der Waals surface area (Å²) in [5.74, 6) is -0.117. The average molecular weight is 495 g/mol. The van der Waals surface area contributed by atoms with Gasteiger partial charge in [0, 0.05) is 33.8 Å². The normalized spacial score (nSPS) is 11.0. The number of benzene rings is 3. The summed E-state index contributed by atoms with van der Waals surface area (Å²) in [6.45, 7) is 0. The highest BCUT2D eigenvalue weighted by molar-refractivity contribution is 6.36. The van der Waals surface area contributed by atoms with Crippen molar-refractivity contribution in [3.05, 3.63) is 128 Å². The van der Waals surface area contributed by atoms with Gasteiger partial charge in [-0.2, -0.15) is 5.10 Å². The first kappa shape index (κ1) is 23.0. The molecule has 0 unspecified atom stereocenters. The third kappa shape index (κ3) is 5.99. The molecule has 0 spiro atoms. The Morgan fingerprint density at radius 1 is 0.879 bits per heavy atom. The summed E-state index contributed by atoms with van der Waals surface area (Å²) in [7, 11) is 0. The van der Waals surface area contributed by atoms with Crippen LogP contribution < -0.4 is 5.43 Å². The van der Waals surface area contributed by atoms with Crippen LogP contribution in [0.4, 0.5) is 5.69 Å². The molecule has 4 nitrogen and oxygen atoms in total. The SMILES string of the molecule is O=C(c1ccc(Cc2c(Cl)cc(NN=Cc3ccccc3)cc2Cl)cc1)c1ccnc(Cl)c1. The van der Waals surface area contributed by atoms with E-state index >= 15 is 0 Å². The molecule has 0 aliphatic rings. The molecule has 0 amide bonds. The van der Waals surface area contributed by atoms with Crippen LogP contribution in [0, 0.1) is 0 Å². The lowest BCUT2D eigenvalue weighted by Gasteiger charge is -2.11. The van der Waals surface area contributed by atoms with Crippen molar-refractivity contribution in [3.63, 3.8) is 0 Å². The Morgan fingerprint density at radius 3 is 2.24 bits per heavy atom. The van der Waals surface area contributed by atoms with Gasteiger partial charge >= 0.3 is 0 Å². The van der Waals surface area contributed by atoms with Crippen LogP contribution in [0.15, 0.2) is 90.2 Å². The van der Waals surface area contributed by atoms with Gasteiger partial charge in [0.2, 0.25) is 0 Å². The molecule has 33 heavy (non-hydrogen) atoms. The fourth-order valence-corrected chi connectivity index (χ4v) is 4.04. The minimum Gasteiger partial charge on any atom is -0.289 e. The number of hydrogen-bond acceptors (Lipinski definition) is 4. The summed E-state index contributed by atoms with van der Waals surface area (Å²) in [6, 6.07) is 23.9. The van der Waals surface area contributed by atoms with Crippen molar-refractivity contribution in [1.82, 2.24) is 4.98 Å². The van der Waals surface area contributed by atoms with Gasteiger partial charge in [0.15, 0.2) is 5.78 Å². The van der Waals surface area contributed by atoms with Crippen molar-refractivity contribution in [1.29, 1.82) is 0 Å². The summed E-state index contributed by atoms with van der Waals surface area (Å²) in [5.41, 5.74) is 7.46. The standard InChI is InChI=1S/C26H18Cl3N3O/c27-23-14-21(32-31-16-18-4-2-1-3-5-18)15-24(28)22(23)12-17-6-8-19(9-7-17)26(33)20-10-11-30-25(29)13-20/h1-11,13-16,32H,12H2. The predicted molar refractivity (Wildman–Crippen MR) is 136 cm³/mol. The molecule has 7 heteroatoms. The number of nitrogens with zero attached hydrogens (tertiary/aromatic N) is 2. The summed E-state index contributed by atoms with van der Waals surface area (Å²) >= 11 is 18.9. The van der Waals surface area contributed by atoms with Gasteiger partial charge in [-0.15, -0.1) is 0 Å². The van der Waals surface area contributed by atoms with Gasteiger partial charge in [-0.05, 0) is 41.0 Å². The van der Waals surface area contributed by atoms with E-state index in [-0.39, 0.29) is 10.9 Å². The van der Waals surface area contributed by atoms with Crippen molar-refractivity contribution >= 4 is 52.5 Å². The maximum absolute atomic E-state index is 12.6. The minimum absolute atomic E-state index is 0.117. The molecule has 1 aromatic heterocycles. The number of nitrogens with one attached hydrogen (secondary N) is 1. The number of halogens is 3. The molecule has 0 saturated heterocycles. The lowest BCUT2D eigenvalue weighted by Crippen LogP contribution is -2.02. The topological polar surface area (TPSA) is 54.4 Å². The van der Waals surface area contributed by atoms with E-state index in [0.717, 1.165) is 16.7 Å². The van der Waals surface area contributed by atoms with Crippen molar-refractivity contribution < 1.29 is 4.79 Å². The van der Waals surface area contributed by atoms with E-state index < -0.39 is 0 Å². The van der Waals surface area contributed by atoms with E-state index in [9.17, 15) is 4.79 Å². The smallest absolute Gasteiger partial charge is 0.193 e. The lowest BCUT2D eigenvalue weighted by atomic mass is 9.99. The Bertz CT molecular complexity index is 1280. The number of hydrazone groups is 1. The summed E-state index contributed by atoms with van der Waals surface area (Å²) in [4.78, 5) is 16.5. The van der Waals surface area contributed by atoms with Gasteiger partial charge in [0.25, 0.3) is 0 Å². The number of ketones is 1. The van der Waals surface area contributed by atoms with Gasteiger partial charge in [-0.1, -0.05) is 89.4 Å². The van der Waals surface area contributed by atoms with Crippen molar-refractivity contribution in [2.75, 3.05) is 5.43 Å². The number of aromatic nitrogens is 1. The molecule has 4 aromatic rings. The molecule has 0 saturated carbocycles. The third-order valence-corrected chi connectivity index (χ3v) is 5.81. The summed E-state index contributed by atoms with van der Waals surface area (Å²) < 4.78 is 0. The van der Waals surface area contributed by atoms with Crippen LogP contribution in [0.25, 0.3) is 0 Å². The highest BCUT2D eigenvalue weighted by Gasteiger charge is 2.12. The minimum atomic E-state index is -0.117. The Kier molecular flexibility index (Phi) is 7.40. The van der Waals surface area contributed by atoms with Gasteiger partial charge in [0.05, 0.1) is 11.9 Å². The zero-order chi connectivity index (χ0) is 23.2. The Hall–Kier alpha value is -3.18. The van der Waals surface area contributed by atoms with Crippen LogP contribution in [-0.2, 0) is 6.42 Å². The van der Waals surface area contributed by atoms with Gasteiger partial charge < -0.3 is 0 Å². The van der Waals surface area contributed by atoms with Crippen LogP contribution in [0.1, 0.15) is 32.6 Å². The van der Waals surface area contributed by atoms with E-state index in [4.69, 9.17) is 34.8 Å². The molecule has 0 radical (unpaired) electrons. The highest BCUT2D eigenvalue weighted by atomic mass is 35.5. The van der Waals surface area contributed by atoms with Gasteiger partial charge in [-0.25, -0.2) is 4.98 Å². The van der Waals surface area contributed by atoms with Crippen molar-refractivity contribution in [3.8, 4) is 0 Å². The molecule has 1 N–H and O–H groups in total. The predicted octanol–water partition coefficient (Wildman–Crippen LogP) is 7.31. The van der Waals surface area contributed by atoms with Crippen LogP contribution in [0.3, 0.4) is 0 Å². The van der Waals surface area contributed by atoms with E-state index in [1.165, 1.54) is 6.20 Å². The number of carbonyl (C=O) groups is 1. The number of pyridine rings is 1. The van der Waals surface area contributed by atoms with Crippen LogP contribution >= 0.6 is 34.8 Å². The first-order valence-electron chi connectivity index (χ1n) is 10.1. The summed E-state index contributed by atoms with van der Waals surface area (Å²) in [6.07, 6.45) is 3.76. The molecule has 4 rings (SSSR count). The molecule has 164 valence electrons. The van der Waals surface area contributed by atoms with Crippen LogP contribution in [0.5, 0.6) is 0 Å². The number of carbonyl (C=O) groups excluding carboxylic acids is 1. The van der Waals surface area contributed by atoms with Crippen LogP contribution in [-0.4, -0.2) is 17.0 Å². The number of rotatable bonds is 7. The van der Waals surface area contributed by atoms with E-state index in [0.29, 0.717) is 33.3 Å². The zero-order valence-electron chi connectivity index (χ0n) is 17.3. The molecule has 0 aliphatic heterocycles. The molecular formula is C26H18Cl3N3O. The molecule has 1 heterocycles. The monoisotopic (exact) mass is 493 g/mol. The van der Waals surface area contributed by atoms with Crippen molar-refractivity contribution in [2.45, 2.75) is 6.42 Å². The molecule has 0 atom stereocenters. The van der Waals surface area contributed by atoms with Crippen molar-refractivity contribution in [2.24, 2.45) is 5.10 Å². The largest absolute Gasteiger partial charge is 0.289 e. The molecular weight excluding hydrogens is 477 g/mol. The van der Waals surface area contributed by atoms with Gasteiger partial charge in [0.1, 0.15) is 5.15 Å². The third-order valence-electron chi connectivity index (χ3n) is 4.93.